The molecule has 2 aromatic heterocycles. The molecular weight excluding hydrogens is 315 g/mol. The fourth-order valence-corrected chi connectivity index (χ4v) is 2.20. The Kier molecular flexibility index (Phi) is 3.38. The van der Waals surface area contributed by atoms with Crippen LogP contribution in [0, 0.1) is 5.92 Å². The van der Waals surface area contributed by atoms with Crippen molar-refractivity contribution in [2.45, 2.75) is 19.5 Å². The molecule has 0 aliphatic carbocycles. The number of imide groups is 1. The van der Waals surface area contributed by atoms with Crippen LogP contribution >= 0.6 is 0 Å². The van der Waals surface area contributed by atoms with Crippen molar-refractivity contribution < 1.29 is 22.8 Å². The van der Waals surface area contributed by atoms with Crippen LogP contribution in [-0.4, -0.2) is 31.8 Å². The number of aromatic nitrogens is 3. The molecule has 1 saturated heterocycles. The van der Waals surface area contributed by atoms with Crippen LogP contribution in [0.2, 0.25) is 0 Å². The van der Waals surface area contributed by atoms with Gasteiger partial charge in [0.15, 0.2) is 5.82 Å². The summed E-state index contributed by atoms with van der Waals surface area (Å²) < 4.78 is 38.7. The number of hydrogen-bond acceptors (Lipinski definition) is 6. The van der Waals surface area contributed by atoms with Crippen molar-refractivity contribution >= 4 is 28.5 Å². The molecule has 3 rings (SSSR count). The van der Waals surface area contributed by atoms with Crippen LogP contribution in [0.15, 0.2) is 18.5 Å². The van der Waals surface area contributed by atoms with Gasteiger partial charge in [-0.15, -0.1) is 0 Å². The highest BCUT2D eigenvalue weighted by molar-refractivity contribution is 6.05. The van der Waals surface area contributed by atoms with E-state index in [2.05, 4.69) is 20.4 Å². The SMILES string of the molecule is CC1CC(=O)N(Nc2nc(C(F)(F)F)nc3cnccc23)C1=O. The minimum atomic E-state index is -4.77. The van der Waals surface area contributed by atoms with Gasteiger partial charge in [-0.25, -0.2) is 9.97 Å². The molecule has 1 aliphatic rings. The highest BCUT2D eigenvalue weighted by Gasteiger charge is 2.38. The maximum Gasteiger partial charge on any atom is 0.451 e. The molecule has 1 unspecified atom stereocenters. The van der Waals surface area contributed by atoms with Gasteiger partial charge in [0, 0.05) is 23.9 Å². The lowest BCUT2D eigenvalue weighted by atomic mass is 10.1. The second-order valence-electron chi connectivity index (χ2n) is 5.07. The zero-order valence-corrected chi connectivity index (χ0v) is 11.8. The van der Waals surface area contributed by atoms with E-state index in [-0.39, 0.29) is 23.1 Å². The van der Waals surface area contributed by atoms with Crippen molar-refractivity contribution in [2.75, 3.05) is 5.43 Å². The number of amides is 2. The molecule has 7 nitrogen and oxygen atoms in total. The number of fused-ring (bicyclic) bond motifs is 1. The number of hydrogen-bond donors (Lipinski definition) is 1. The molecule has 3 heterocycles. The number of alkyl halides is 3. The maximum atomic E-state index is 12.9. The quantitative estimate of drug-likeness (QED) is 0.847. The van der Waals surface area contributed by atoms with Crippen molar-refractivity contribution in [3.05, 3.63) is 24.3 Å². The Balaban J connectivity index is 2.09. The van der Waals surface area contributed by atoms with Gasteiger partial charge in [-0.1, -0.05) is 6.92 Å². The predicted octanol–water partition coefficient (Wildman–Crippen LogP) is 1.77. The lowest BCUT2D eigenvalue weighted by molar-refractivity contribution is -0.144. The summed E-state index contributed by atoms with van der Waals surface area (Å²) in [6, 6.07) is 1.40. The van der Waals surface area contributed by atoms with Gasteiger partial charge in [0.25, 0.3) is 5.91 Å². The molecular formula is C13H10F3N5O2. The van der Waals surface area contributed by atoms with Crippen LogP contribution < -0.4 is 5.43 Å². The van der Waals surface area contributed by atoms with Crippen molar-refractivity contribution in [1.82, 2.24) is 20.0 Å². The Bertz CT molecular complexity index is 808. The molecule has 2 aromatic rings. The lowest BCUT2D eigenvalue weighted by Crippen LogP contribution is -2.36. The van der Waals surface area contributed by atoms with E-state index in [9.17, 15) is 22.8 Å². The Morgan fingerprint density at radius 2 is 2.04 bits per heavy atom. The smallest absolute Gasteiger partial charge is 0.273 e. The summed E-state index contributed by atoms with van der Waals surface area (Å²) in [5, 5.41) is 0.903. The molecule has 120 valence electrons. The fraction of sp³-hybridized carbons (Fsp3) is 0.308. The van der Waals surface area contributed by atoms with Gasteiger partial charge in [-0.2, -0.15) is 18.2 Å². The Morgan fingerprint density at radius 3 is 2.65 bits per heavy atom. The second kappa shape index (κ2) is 5.14. The van der Waals surface area contributed by atoms with E-state index in [0.29, 0.717) is 5.01 Å². The first-order valence-corrected chi connectivity index (χ1v) is 6.60. The third-order valence-electron chi connectivity index (χ3n) is 3.34. The number of rotatable bonds is 2. The number of carbonyl (C=O) groups excluding carboxylic acids is 2. The number of pyridine rings is 1. The highest BCUT2D eigenvalue weighted by atomic mass is 19.4. The monoisotopic (exact) mass is 325 g/mol. The molecule has 1 N–H and O–H groups in total. The van der Waals surface area contributed by atoms with E-state index in [0.717, 1.165) is 6.20 Å². The van der Waals surface area contributed by atoms with Gasteiger partial charge in [-0.05, 0) is 6.07 Å². The zero-order valence-electron chi connectivity index (χ0n) is 11.8. The summed E-state index contributed by atoms with van der Waals surface area (Å²) in [6.07, 6.45) is -2.29. The molecule has 1 atom stereocenters. The first-order valence-electron chi connectivity index (χ1n) is 6.60. The summed E-state index contributed by atoms with van der Waals surface area (Å²) in [4.78, 5) is 34.2. The molecule has 0 aromatic carbocycles. The number of carbonyl (C=O) groups is 2. The molecule has 0 radical (unpaired) electrons. The van der Waals surface area contributed by atoms with E-state index >= 15 is 0 Å². The molecule has 23 heavy (non-hydrogen) atoms. The van der Waals surface area contributed by atoms with Crippen LogP contribution in [0.4, 0.5) is 19.0 Å². The van der Waals surface area contributed by atoms with Gasteiger partial charge < -0.3 is 0 Å². The maximum absolute atomic E-state index is 12.9. The van der Waals surface area contributed by atoms with Gasteiger partial charge in [0.1, 0.15) is 0 Å². The molecule has 0 spiro atoms. The Morgan fingerprint density at radius 1 is 1.30 bits per heavy atom. The predicted molar refractivity (Wildman–Crippen MR) is 71.6 cm³/mol. The summed E-state index contributed by atoms with van der Waals surface area (Å²) >= 11 is 0. The molecule has 2 amide bonds. The molecule has 0 bridgehead atoms. The largest absolute Gasteiger partial charge is 0.451 e. The van der Waals surface area contributed by atoms with E-state index in [1.807, 2.05) is 0 Å². The van der Waals surface area contributed by atoms with Crippen molar-refractivity contribution in [3.63, 3.8) is 0 Å². The summed E-state index contributed by atoms with van der Waals surface area (Å²) in [5.41, 5.74) is 2.33. The summed E-state index contributed by atoms with van der Waals surface area (Å²) in [7, 11) is 0. The normalized spacial score (nSPS) is 18.8. The summed E-state index contributed by atoms with van der Waals surface area (Å²) in [5.74, 6) is -3.25. The first-order chi connectivity index (χ1) is 10.8. The molecule has 1 aliphatic heterocycles. The van der Waals surface area contributed by atoms with Crippen molar-refractivity contribution in [1.29, 1.82) is 0 Å². The van der Waals surface area contributed by atoms with E-state index in [1.165, 1.54) is 12.3 Å². The molecule has 10 heteroatoms. The number of nitrogens with zero attached hydrogens (tertiary/aromatic N) is 4. The van der Waals surface area contributed by atoms with Crippen LogP contribution in [0.1, 0.15) is 19.2 Å². The fourth-order valence-electron chi connectivity index (χ4n) is 2.20. The molecule has 0 saturated carbocycles. The standard InChI is InChI=1S/C13H10F3N5O2/c1-6-4-9(22)21(11(6)23)20-10-7-2-3-17-5-8(7)18-12(19-10)13(14,15)16/h2-3,5-6H,4H2,1H3,(H,18,19,20). The third kappa shape index (κ3) is 2.67. The van der Waals surface area contributed by atoms with Crippen LogP contribution in [0.25, 0.3) is 10.9 Å². The summed E-state index contributed by atoms with van der Waals surface area (Å²) in [6.45, 7) is 1.56. The Hall–Kier alpha value is -2.78. The van der Waals surface area contributed by atoms with Crippen LogP contribution in [-0.2, 0) is 15.8 Å². The number of anilines is 1. The minimum Gasteiger partial charge on any atom is -0.273 e. The van der Waals surface area contributed by atoms with E-state index < -0.39 is 29.7 Å². The van der Waals surface area contributed by atoms with Crippen molar-refractivity contribution in [3.8, 4) is 0 Å². The van der Waals surface area contributed by atoms with Gasteiger partial charge in [0.05, 0.1) is 11.7 Å². The first kappa shape index (κ1) is 15.1. The average Bonchev–Trinajstić information content (AvgIpc) is 2.72. The Labute approximate surface area is 127 Å². The average molecular weight is 325 g/mol. The van der Waals surface area contributed by atoms with Crippen LogP contribution in [0.3, 0.4) is 0 Å². The second-order valence-corrected chi connectivity index (χ2v) is 5.07. The van der Waals surface area contributed by atoms with E-state index in [1.54, 1.807) is 6.92 Å². The van der Waals surface area contributed by atoms with E-state index in [4.69, 9.17) is 0 Å². The lowest BCUT2D eigenvalue weighted by Gasteiger charge is -2.18. The van der Waals surface area contributed by atoms with Gasteiger partial charge in [0.2, 0.25) is 11.7 Å². The number of halogens is 3. The zero-order chi connectivity index (χ0) is 16.8. The van der Waals surface area contributed by atoms with Crippen molar-refractivity contribution in [2.24, 2.45) is 5.92 Å². The van der Waals surface area contributed by atoms with Gasteiger partial charge >= 0.3 is 6.18 Å². The van der Waals surface area contributed by atoms with Gasteiger partial charge in [-0.3, -0.25) is 20.0 Å². The number of hydrazine groups is 1. The topological polar surface area (TPSA) is 88.1 Å². The van der Waals surface area contributed by atoms with Crippen LogP contribution in [0.5, 0.6) is 0 Å². The number of nitrogens with one attached hydrogen (secondary N) is 1. The minimum absolute atomic E-state index is 0.0114. The third-order valence-corrected chi connectivity index (χ3v) is 3.34. The highest BCUT2D eigenvalue weighted by Crippen LogP contribution is 2.30. The molecule has 1 fully saturated rings.